The topological polar surface area (TPSA) is 65.7 Å². The summed E-state index contributed by atoms with van der Waals surface area (Å²) in [6.45, 7) is 0. The van der Waals surface area contributed by atoms with Crippen molar-refractivity contribution in [2.45, 2.75) is 0 Å². The molecule has 0 aromatic carbocycles. The first kappa shape index (κ1) is 16.1. The highest BCUT2D eigenvalue weighted by atomic mass is 19.1. The van der Waals surface area contributed by atoms with Crippen LogP contribution >= 0.6 is 0 Å². The van der Waals surface area contributed by atoms with Crippen molar-refractivity contribution in [3.05, 3.63) is 54.5 Å². The van der Waals surface area contributed by atoms with Crippen molar-refractivity contribution >= 4 is 11.0 Å². The molecule has 0 saturated heterocycles. The number of rotatable bonds is 3. The fourth-order valence-electron chi connectivity index (χ4n) is 2.77. The number of fused-ring (bicyclic) bond motifs is 1. The Morgan fingerprint density at radius 1 is 1.04 bits per heavy atom. The van der Waals surface area contributed by atoms with E-state index in [1.165, 1.54) is 19.2 Å². The quantitative estimate of drug-likeness (QED) is 0.565. The van der Waals surface area contributed by atoms with E-state index >= 15 is 0 Å². The molecule has 4 rings (SSSR count). The van der Waals surface area contributed by atoms with Gasteiger partial charge in [0.25, 0.3) is 0 Å². The van der Waals surface area contributed by atoms with E-state index in [-0.39, 0.29) is 5.56 Å². The van der Waals surface area contributed by atoms with E-state index in [4.69, 9.17) is 4.74 Å². The molecular weight excluding hydrogens is 340 g/mol. The van der Waals surface area contributed by atoms with E-state index in [0.29, 0.717) is 33.9 Å². The van der Waals surface area contributed by atoms with Gasteiger partial charge in [-0.1, -0.05) is 0 Å². The molecule has 0 radical (unpaired) electrons. The minimum absolute atomic E-state index is 0.239. The Balaban J connectivity index is 2.02. The summed E-state index contributed by atoms with van der Waals surface area (Å²) >= 11 is 0. The summed E-state index contributed by atoms with van der Waals surface area (Å²) in [5.41, 5.74) is 2.43. The molecule has 0 atom stereocenters. The zero-order chi connectivity index (χ0) is 18.3. The number of pyridine rings is 3. The molecule has 0 amide bonds. The van der Waals surface area contributed by atoms with Crippen LogP contribution in [0.5, 0.6) is 5.88 Å². The van der Waals surface area contributed by atoms with Gasteiger partial charge in [-0.3, -0.25) is 14.6 Å². The normalized spacial score (nSPS) is 11.1. The molecule has 0 N–H and O–H groups in total. The molecule has 0 unspecified atom stereocenters. The Morgan fingerprint density at radius 2 is 1.88 bits per heavy atom. The van der Waals surface area contributed by atoms with Gasteiger partial charge in [0.1, 0.15) is 17.0 Å². The molecule has 0 saturated carbocycles. The first-order valence-corrected chi connectivity index (χ1v) is 7.72. The van der Waals surface area contributed by atoms with Crippen LogP contribution in [-0.4, -0.2) is 31.8 Å². The maximum absolute atomic E-state index is 14.7. The maximum atomic E-state index is 14.7. The van der Waals surface area contributed by atoms with Gasteiger partial charge in [-0.05, 0) is 18.2 Å². The Hall–Kier alpha value is -3.42. The Bertz CT molecular complexity index is 1110. The van der Waals surface area contributed by atoms with Crippen molar-refractivity contribution in [2.75, 3.05) is 7.11 Å². The highest BCUT2D eigenvalue weighted by molar-refractivity contribution is 5.95. The molecule has 26 heavy (non-hydrogen) atoms. The summed E-state index contributed by atoms with van der Waals surface area (Å²) in [5, 5.41) is 4.36. The highest BCUT2D eigenvalue weighted by Gasteiger charge is 2.21. The molecule has 8 heteroatoms. The lowest BCUT2D eigenvalue weighted by Crippen LogP contribution is -1.96. The first-order valence-electron chi connectivity index (χ1n) is 7.72. The van der Waals surface area contributed by atoms with Crippen LogP contribution in [0.4, 0.5) is 8.78 Å². The third-order valence-corrected chi connectivity index (χ3v) is 3.92. The SMILES string of the molecule is COc1ccc2ncc(F)c(-c3cn(C)nc3-c3ccc(F)cn3)c2n1. The van der Waals surface area contributed by atoms with E-state index in [9.17, 15) is 8.78 Å². The highest BCUT2D eigenvalue weighted by Crippen LogP contribution is 2.35. The summed E-state index contributed by atoms with van der Waals surface area (Å²) < 4.78 is 34.6. The van der Waals surface area contributed by atoms with Crippen LogP contribution in [0, 0.1) is 11.6 Å². The van der Waals surface area contributed by atoms with Crippen molar-refractivity contribution in [2.24, 2.45) is 7.05 Å². The van der Waals surface area contributed by atoms with Crippen LogP contribution < -0.4 is 4.74 Å². The molecule has 0 aliphatic rings. The van der Waals surface area contributed by atoms with Crippen LogP contribution in [0.2, 0.25) is 0 Å². The number of aryl methyl sites for hydroxylation is 1. The fourth-order valence-corrected chi connectivity index (χ4v) is 2.77. The number of hydrogen-bond donors (Lipinski definition) is 0. The van der Waals surface area contributed by atoms with Crippen LogP contribution in [0.3, 0.4) is 0 Å². The molecule has 4 aromatic rings. The third kappa shape index (κ3) is 2.65. The van der Waals surface area contributed by atoms with Crippen molar-refractivity contribution in [1.82, 2.24) is 24.7 Å². The van der Waals surface area contributed by atoms with Crippen molar-refractivity contribution in [1.29, 1.82) is 0 Å². The Morgan fingerprint density at radius 3 is 2.62 bits per heavy atom. The number of halogens is 2. The zero-order valence-electron chi connectivity index (χ0n) is 13.9. The van der Waals surface area contributed by atoms with Crippen LogP contribution in [0.1, 0.15) is 0 Å². The van der Waals surface area contributed by atoms with Gasteiger partial charge < -0.3 is 4.74 Å². The van der Waals surface area contributed by atoms with Gasteiger partial charge in [0, 0.05) is 24.9 Å². The van der Waals surface area contributed by atoms with E-state index in [1.54, 1.807) is 30.1 Å². The second-order valence-electron chi connectivity index (χ2n) is 5.63. The van der Waals surface area contributed by atoms with E-state index in [0.717, 1.165) is 12.4 Å². The van der Waals surface area contributed by atoms with Gasteiger partial charge >= 0.3 is 0 Å². The molecule has 0 fully saturated rings. The molecule has 130 valence electrons. The zero-order valence-corrected chi connectivity index (χ0v) is 13.9. The molecule has 0 bridgehead atoms. The van der Waals surface area contributed by atoms with Crippen LogP contribution in [-0.2, 0) is 7.05 Å². The summed E-state index contributed by atoms with van der Waals surface area (Å²) in [4.78, 5) is 12.5. The predicted molar refractivity (Wildman–Crippen MR) is 91.4 cm³/mol. The largest absolute Gasteiger partial charge is 0.481 e. The number of hydrogen-bond acceptors (Lipinski definition) is 5. The Labute approximate surface area is 147 Å². The van der Waals surface area contributed by atoms with E-state index < -0.39 is 11.6 Å². The van der Waals surface area contributed by atoms with Gasteiger partial charge in [-0.15, -0.1) is 0 Å². The van der Waals surface area contributed by atoms with Crippen molar-refractivity contribution in [3.8, 4) is 28.4 Å². The van der Waals surface area contributed by atoms with Gasteiger partial charge in [0.05, 0.1) is 36.3 Å². The number of nitrogens with zero attached hydrogens (tertiary/aromatic N) is 5. The van der Waals surface area contributed by atoms with Gasteiger partial charge in [-0.2, -0.15) is 5.10 Å². The van der Waals surface area contributed by atoms with Crippen molar-refractivity contribution in [3.63, 3.8) is 0 Å². The Kier molecular flexibility index (Phi) is 3.80. The average Bonchev–Trinajstić information content (AvgIpc) is 3.03. The summed E-state index contributed by atoms with van der Waals surface area (Å²) in [6, 6.07) is 6.14. The second kappa shape index (κ2) is 6.14. The van der Waals surface area contributed by atoms with Crippen molar-refractivity contribution < 1.29 is 13.5 Å². The third-order valence-electron chi connectivity index (χ3n) is 3.92. The predicted octanol–water partition coefficient (Wildman–Crippen LogP) is 3.38. The maximum Gasteiger partial charge on any atom is 0.213 e. The number of methoxy groups -OCH3 is 1. The molecule has 0 aliphatic heterocycles. The summed E-state index contributed by atoms with van der Waals surface area (Å²) in [6.07, 6.45) is 3.90. The van der Waals surface area contributed by atoms with Crippen LogP contribution in [0.15, 0.2) is 42.9 Å². The number of ether oxygens (including phenoxy) is 1. The summed E-state index contributed by atoms with van der Waals surface area (Å²) in [7, 11) is 3.20. The van der Waals surface area contributed by atoms with Gasteiger partial charge in [0.15, 0.2) is 5.82 Å². The fraction of sp³-hybridized carbons (Fsp3) is 0.111. The molecule has 4 heterocycles. The van der Waals surface area contributed by atoms with E-state index in [2.05, 4.69) is 20.1 Å². The second-order valence-corrected chi connectivity index (χ2v) is 5.63. The molecule has 0 spiro atoms. The molecule has 6 nitrogen and oxygen atoms in total. The minimum atomic E-state index is -0.547. The summed E-state index contributed by atoms with van der Waals surface area (Å²) in [5.74, 6) is -0.663. The lowest BCUT2D eigenvalue weighted by molar-refractivity contribution is 0.399. The molecular formula is C18H13F2N5O. The first-order chi connectivity index (χ1) is 12.6. The number of aromatic nitrogens is 5. The van der Waals surface area contributed by atoms with Gasteiger partial charge in [-0.25, -0.2) is 13.8 Å². The standard InChI is InChI=1S/C18H13F2N5O/c1-25-9-11(17(24-25)13-4-3-10(19)7-21-13)16-12(20)8-22-14-5-6-15(26-2)23-18(14)16/h3-9H,1-2H3. The minimum Gasteiger partial charge on any atom is -0.481 e. The smallest absolute Gasteiger partial charge is 0.213 e. The average molecular weight is 353 g/mol. The monoisotopic (exact) mass is 353 g/mol. The van der Waals surface area contributed by atoms with Gasteiger partial charge in [0.2, 0.25) is 5.88 Å². The lowest BCUT2D eigenvalue weighted by Gasteiger charge is -2.08. The molecule has 0 aliphatic carbocycles. The lowest BCUT2D eigenvalue weighted by atomic mass is 10.0. The molecule has 4 aromatic heterocycles. The van der Waals surface area contributed by atoms with Crippen LogP contribution in [0.25, 0.3) is 33.5 Å². The van der Waals surface area contributed by atoms with E-state index in [1.807, 2.05) is 0 Å².